The summed E-state index contributed by atoms with van der Waals surface area (Å²) in [5.41, 5.74) is 0. The summed E-state index contributed by atoms with van der Waals surface area (Å²) in [6.07, 6.45) is 83.5. The number of ether oxygens (including phenoxy) is 3. The Bertz CT molecular complexity index is 1400. The average molecular weight is 1060 g/mol. The summed E-state index contributed by atoms with van der Waals surface area (Å²) >= 11 is 0. The van der Waals surface area contributed by atoms with E-state index in [9.17, 15) is 14.4 Å². The molecule has 0 bridgehead atoms. The third kappa shape index (κ3) is 61.7. The van der Waals surface area contributed by atoms with E-state index in [-0.39, 0.29) is 31.1 Å². The SMILES string of the molecule is CC/C=C\C/C=C\C/C=C\CCCCCCCCCC(=O)OC(COC(=O)CCCCCCC/C=C\C/C=C\C/C=C\CC)COC(=O)CCCCCCCCCCCCCCCCCCCCCCCCCCCC. The molecule has 0 N–H and O–H groups in total. The second-order valence-corrected chi connectivity index (χ2v) is 22.0. The van der Waals surface area contributed by atoms with Crippen LogP contribution < -0.4 is 0 Å². The fourth-order valence-electron chi connectivity index (χ4n) is 9.59. The smallest absolute Gasteiger partial charge is 0.306 e. The number of esters is 3. The molecule has 0 saturated carbocycles. The van der Waals surface area contributed by atoms with Crippen LogP contribution >= 0.6 is 0 Å². The standard InChI is InChI=1S/C70H124O6/c1-4-7-10-13-16-19-22-25-28-30-31-32-33-34-35-36-37-38-40-42-45-48-51-54-57-60-63-69(72)75-66-67(65-74-68(71)62-59-56-53-50-47-44-41-27-24-21-18-15-12-9-6-3)76-70(73)64-61-58-55-52-49-46-43-39-29-26-23-20-17-14-11-8-5-2/h8-9,11-12,17-18,20-21,26-27,29,41,67H,4-7,10,13-16,19,22-25,28,30-40,42-66H2,1-3H3/b11-8-,12-9-,20-17-,21-18-,29-26-,41-27-. The molecule has 1 unspecified atom stereocenters. The summed E-state index contributed by atoms with van der Waals surface area (Å²) in [4.78, 5) is 38.3. The lowest BCUT2D eigenvalue weighted by atomic mass is 10.0. The van der Waals surface area contributed by atoms with Gasteiger partial charge in [-0.3, -0.25) is 14.4 Å². The van der Waals surface area contributed by atoms with Crippen LogP contribution in [0.2, 0.25) is 0 Å². The van der Waals surface area contributed by atoms with Gasteiger partial charge in [-0.05, 0) is 83.5 Å². The first kappa shape index (κ1) is 72.8. The van der Waals surface area contributed by atoms with Crippen molar-refractivity contribution in [3.63, 3.8) is 0 Å². The van der Waals surface area contributed by atoms with E-state index >= 15 is 0 Å². The van der Waals surface area contributed by atoms with Gasteiger partial charge in [0.25, 0.3) is 0 Å². The minimum atomic E-state index is -0.788. The van der Waals surface area contributed by atoms with Crippen molar-refractivity contribution in [2.75, 3.05) is 13.2 Å². The van der Waals surface area contributed by atoms with Gasteiger partial charge in [-0.25, -0.2) is 0 Å². The summed E-state index contributed by atoms with van der Waals surface area (Å²) in [5, 5.41) is 0. The first-order valence-electron chi connectivity index (χ1n) is 32.9. The summed E-state index contributed by atoms with van der Waals surface area (Å²) in [6, 6.07) is 0. The molecule has 0 fully saturated rings. The molecule has 0 amide bonds. The van der Waals surface area contributed by atoms with Crippen LogP contribution in [0.3, 0.4) is 0 Å². The summed E-state index contributed by atoms with van der Waals surface area (Å²) in [5.74, 6) is -0.894. The molecule has 0 aliphatic heterocycles. The van der Waals surface area contributed by atoms with Crippen molar-refractivity contribution in [1.82, 2.24) is 0 Å². The van der Waals surface area contributed by atoms with Gasteiger partial charge in [0.15, 0.2) is 6.10 Å². The van der Waals surface area contributed by atoms with Crippen molar-refractivity contribution in [3.05, 3.63) is 72.9 Å². The second-order valence-electron chi connectivity index (χ2n) is 22.0. The van der Waals surface area contributed by atoms with Gasteiger partial charge in [0.2, 0.25) is 0 Å². The van der Waals surface area contributed by atoms with Gasteiger partial charge >= 0.3 is 17.9 Å². The first-order chi connectivity index (χ1) is 37.5. The van der Waals surface area contributed by atoms with E-state index in [4.69, 9.17) is 14.2 Å². The Labute approximate surface area is 472 Å². The third-order valence-electron chi connectivity index (χ3n) is 14.5. The Kier molecular flexibility index (Phi) is 61.7. The van der Waals surface area contributed by atoms with Crippen molar-refractivity contribution in [2.45, 2.75) is 341 Å². The molecule has 0 aromatic heterocycles. The number of unbranched alkanes of at least 4 members (excludes halogenated alkanes) is 37. The predicted molar refractivity (Wildman–Crippen MR) is 330 cm³/mol. The molecule has 440 valence electrons. The van der Waals surface area contributed by atoms with Crippen LogP contribution in [0.25, 0.3) is 0 Å². The maximum atomic E-state index is 12.9. The molecule has 0 aliphatic carbocycles. The molecule has 0 saturated heterocycles. The van der Waals surface area contributed by atoms with E-state index in [2.05, 4.69) is 93.7 Å². The maximum absolute atomic E-state index is 12.9. The number of hydrogen-bond donors (Lipinski definition) is 0. The van der Waals surface area contributed by atoms with Crippen molar-refractivity contribution in [3.8, 4) is 0 Å². The van der Waals surface area contributed by atoms with Gasteiger partial charge in [0, 0.05) is 19.3 Å². The van der Waals surface area contributed by atoms with Crippen LogP contribution in [-0.4, -0.2) is 37.2 Å². The average Bonchev–Trinajstić information content (AvgIpc) is 3.42. The van der Waals surface area contributed by atoms with Crippen LogP contribution in [0.4, 0.5) is 0 Å². The van der Waals surface area contributed by atoms with Gasteiger partial charge in [-0.15, -0.1) is 0 Å². The van der Waals surface area contributed by atoms with Crippen molar-refractivity contribution in [2.24, 2.45) is 0 Å². The number of rotatable bonds is 60. The Hall–Kier alpha value is -3.15. The molecule has 0 aliphatic rings. The van der Waals surface area contributed by atoms with Crippen LogP contribution in [-0.2, 0) is 28.6 Å². The topological polar surface area (TPSA) is 78.9 Å². The summed E-state index contributed by atoms with van der Waals surface area (Å²) in [6.45, 7) is 6.44. The van der Waals surface area contributed by atoms with Gasteiger partial charge in [-0.2, -0.15) is 0 Å². The normalized spacial score (nSPS) is 12.5. The number of carbonyl (C=O) groups is 3. The van der Waals surface area contributed by atoms with E-state index in [0.717, 1.165) is 122 Å². The van der Waals surface area contributed by atoms with Crippen LogP contribution in [0.5, 0.6) is 0 Å². The minimum Gasteiger partial charge on any atom is -0.462 e. The van der Waals surface area contributed by atoms with Crippen molar-refractivity contribution >= 4 is 17.9 Å². The monoisotopic (exact) mass is 1060 g/mol. The molecular weight excluding hydrogens is 937 g/mol. The van der Waals surface area contributed by atoms with E-state index in [0.29, 0.717) is 19.3 Å². The Balaban J connectivity index is 4.27. The number of hydrogen-bond acceptors (Lipinski definition) is 6. The third-order valence-corrected chi connectivity index (χ3v) is 14.5. The zero-order valence-electron chi connectivity index (χ0n) is 50.5. The molecule has 0 aromatic carbocycles. The molecule has 0 radical (unpaired) electrons. The van der Waals surface area contributed by atoms with Crippen LogP contribution in [0, 0.1) is 0 Å². The number of carbonyl (C=O) groups excluding carboxylic acids is 3. The highest BCUT2D eigenvalue weighted by Crippen LogP contribution is 2.18. The highest BCUT2D eigenvalue weighted by Gasteiger charge is 2.19. The zero-order valence-corrected chi connectivity index (χ0v) is 50.5. The Morgan fingerprint density at radius 3 is 0.803 bits per heavy atom. The molecular formula is C70H124O6. The molecule has 0 heterocycles. The largest absolute Gasteiger partial charge is 0.462 e. The van der Waals surface area contributed by atoms with E-state index in [1.54, 1.807) is 0 Å². The molecule has 1 atom stereocenters. The lowest BCUT2D eigenvalue weighted by molar-refractivity contribution is -0.167. The molecule has 0 spiro atoms. The van der Waals surface area contributed by atoms with Crippen LogP contribution in [0.15, 0.2) is 72.9 Å². The van der Waals surface area contributed by atoms with Crippen molar-refractivity contribution in [1.29, 1.82) is 0 Å². The van der Waals surface area contributed by atoms with E-state index in [1.165, 1.54) is 173 Å². The fourth-order valence-corrected chi connectivity index (χ4v) is 9.59. The second kappa shape index (κ2) is 64.4. The molecule has 0 rings (SSSR count). The lowest BCUT2D eigenvalue weighted by Gasteiger charge is -2.18. The van der Waals surface area contributed by atoms with Gasteiger partial charge < -0.3 is 14.2 Å². The van der Waals surface area contributed by atoms with E-state index < -0.39 is 6.10 Å². The summed E-state index contributed by atoms with van der Waals surface area (Å²) < 4.78 is 16.9. The molecule has 6 heteroatoms. The van der Waals surface area contributed by atoms with Gasteiger partial charge in [0.1, 0.15) is 13.2 Å². The molecule has 76 heavy (non-hydrogen) atoms. The maximum Gasteiger partial charge on any atom is 0.306 e. The molecule has 0 aromatic rings. The fraction of sp³-hybridized carbons (Fsp3) is 0.786. The van der Waals surface area contributed by atoms with Gasteiger partial charge in [0.05, 0.1) is 0 Å². The highest BCUT2D eigenvalue weighted by molar-refractivity contribution is 5.71. The number of allylic oxidation sites excluding steroid dienone is 12. The van der Waals surface area contributed by atoms with E-state index in [1.807, 2.05) is 0 Å². The Morgan fingerprint density at radius 2 is 0.513 bits per heavy atom. The van der Waals surface area contributed by atoms with Gasteiger partial charge in [-0.1, -0.05) is 306 Å². The first-order valence-corrected chi connectivity index (χ1v) is 32.9. The zero-order chi connectivity index (χ0) is 55.0. The summed E-state index contributed by atoms with van der Waals surface area (Å²) in [7, 11) is 0. The lowest BCUT2D eigenvalue weighted by Crippen LogP contribution is -2.30. The Morgan fingerprint density at radius 1 is 0.276 bits per heavy atom. The predicted octanol–water partition coefficient (Wildman–Crippen LogP) is 22.5. The quantitative estimate of drug-likeness (QED) is 0.0261. The molecule has 6 nitrogen and oxygen atoms in total. The van der Waals surface area contributed by atoms with Crippen LogP contribution in [0.1, 0.15) is 335 Å². The van der Waals surface area contributed by atoms with Crippen molar-refractivity contribution < 1.29 is 28.6 Å². The minimum absolute atomic E-state index is 0.0824. The highest BCUT2D eigenvalue weighted by atomic mass is 16.6.